The van der Waals surface area contributed by atoms with E-state index in [1.165, 1.54) is 6.42 Å². The minimum absolute atomic E-state index is 0.0179. The summed E-state index contributed by atoms with van der Waals surface area (Å²) >= 11 is 1.85. The Hall–Kier alpha value is -0.970. The topological polar surface area (TPSA) is 63.4 Å². The maximum atomic E-state index is 12.8. The van der Waals surface area contributed by atoms with Gasteiger partial charge in [0.15, 0.2) is 5.78 Å². The zero-order valence-electron chi connectivity index (χ0n) is 12.6. The lowest BCUT2D eigenvalue weighted by Crippen LogP contribution is -2.44. The summed E-state index contributed by atoms with van der Waals surface area (Å²) in [6.07, 6.45) is 4.99. The highest BCUT2D eigenvalue weighted by atomic mass is 32.2. The van der Waals surface area contributed by atoms with Crippen LogP contribution in [0.3, 0.4) is 0 Å². The quantitative estimate of drug-likeness (QED) is 0.849. The third kappa shape index (κ3) is 2.98. The number of likely N-dealkylation sites (tertiary alicyclic amines) is 1. The van der Waals surface area contributed by atoms with Gasteiger partial charge in [-0.15, -0.1) is 11.8 Å². The van der Waals surface area contributed by atoms with Crippen LogP contribution in [0.15, 0.2) is 11.1 Å². The van der Waals surface area contributed by atoms with E-state index in [1.807, 2.05) is 11.8 Å². The van der Waals surface area contributed by atoms with Crippen molar-refractivity contribution in [1.82, 2.24) is 4.90 Å². The Kier molecular flexibility index (Phi) is 4.29. The average molecular weight is 308 g/mol. The van der Waals surface area contributed by atoms with Crippen molar-refractivity contribution in [2.75, 3.05) is 13.1 Å². The maximum absolute atomic E-state index is 12.8. The van der Waals surface area contributed by atoms with Crippen LogP contribution in [0, 0.1) is 17.8 Å². The Morgan fingerprint density at radius 1 is 1.29 bits per heavy atom. The van der Waals surface area contributed by atoms with Crippen LogP contribution in [0.5, 0.6) is 0 Å². The number of hydrogen-bond donors (Lipinski definition) is 1. The van der Waals surface area contributed by atoms with Gasteiger partial charge in [0, 0.05) is 30.2 Å². The molecule has 2 N–H and O–H groups in total. The Balaban J connectivity index is 1.67. The SMILES string of the molecule is CC1CCC2SC=C(N3CCC(C(N)=O)CC3)C(=O)C2C1. The molecular weight excluding hydrogens is 284 g/mol. The number of nitrogens with zero attached hydrogens (tertiary/aromatic N) is 1. The fourth-order valence-electron chi connectivity index (χ4n) is 3.83. The molecule has 0 aromatic carbocycles. The smallest absolute Gasteiger partial charge is 0.220 e. The molecule has 5 heteroatoms. The van der Waals surface area contributed by atoms with E-state index in [0.717, 1.165) is 44.5 Å². The molecular formula is C16H24N2O2S. The first-order valence-corrected chi connectivity index (χ1v) is 8.94. The van der Waals surface area contributed by atoms with E-state index in [2.05, 4.69) is 17.2 Å². The highest BCUT2D eigenvalue weighted by Gasteiger charge is 2.40. The molecule has 2 aliphatic heterocycles. The van der Waals surface area contributed by atoms with Crippen molar-refractivity contribution in [3.63, 3.8) is 0 Å². The van der Waals surface area contributed by atoms with Gasteiger partial charge in [-0.2, -0.15) is 0 Å². The number of hydrogen-bond acceptors (Lipinski definition) is 4. The molecule has 0 spiro atoms. The van der Waals surface area contributed by atoms with Crippen molar-refractivity contribution in [2.24, 2.45) is 23.5 Å². The first-order chi connectivity index (χ1) is 10.1. The van der Waals surface area contributed by atoms with Gasteiger partial charge in [-0.25, -0.2) is 0 Å². The summed E-state index contributed by atoms with van der Waals surface area (Å²) in [5.41, 5.74) is 6.27. The van der Waals surface area contributed by atoms with Crippen LogP contribution < -0.4 is 5.73 Å². The molecule has 0 bridgehead atoms. The number of thioether (sulfide) groups is 1. The number of piperidine rings is 1. The second kappa shape index (κ2) is 6.03. The molecule has 1 saturated carbocycles. The van der Waals surface area contributed by atoms with E-state index in [9.17, 15) is 9.59 Å². The highest BCUT2D eigenvalue weighted by molar-refractivity contribution is 8.02. The van der Waals surface area contributed by atoms with E-state index in [-0.39, 0.29) is 17.7 Å². The highest BCUT2D eigenvalue weighted by Crippen LogP contribution is 2.43. The standard InChI is InChI=1S/C16H24N2O2S/c1-10-2-3-14-12(8-10)15(19)13(9-21-14)18-6-4-11(5-7-18)16(17)20/h9-12,14H,2-8H2,1H3,(H2,17,20). The van der Waals surface area contributed by atoms with Crippen molar-refractivity contribution in [2.45, 2.75) is 44.3 Å². The van der Waals surface area contributed by atoms with Crippen LogP contribution in [-0.4, -0.2) is 34.9 Å². The van der Waals surface area contributed by atoms with E-state index in [0.29, 0.717) is 17.0 Å². The number of rotatable bonds is 2. The van der Waals surface area contributed by atoms with Crippen molar-refractivity contribution in [3.8, 4) is 0 Å². The molecule has 0 aromatic rings. The Morgan fingerprint density at radius 3 is 2.67 bits per heavy atom. The van der Waals surface area contributed by atoms with Crippen LogP contribution in [0.25, 0.3) is 0 Å². The van der Waals surface area contributed by atoms with Crippen molar-refractivity contribution < 1.29 is 9.59 Å². The number of primary amides is 1. The lowest BCUT2D eigenvalue weighted by atomic mass is 9.78. The normalized spacial score (nSPS) is 34.3. The number of Topliss-reactive ketones (excluding diaryl/α,β-unsaturated/α-hetero) is 1. The molecule has 1 aliphatic carbocycles. The third-order valence-electron chi connectivity index (χ3n) is 5.23. The molecule has 3 rings (SSSR count). The number of nitrogens with two attached hydrogens (primary N) is 1. The number of allylic oxidation sites excluding steroid dienone is 1. The Labute approximate surface area is 130 Å². The van der Waals surface area contributed by atoms with Gasteiger partial charge < -0.3 is 10.6 Å². The van der Waals surface area contributed by atoms with Crippen LogP contribution in [0.1, 0.15) is 39.0 Å². The predicted octanol–water partition coefficient (Wildman–Crippen LogP) is 2.15. The van der Waals surface area contributed by atoms with Crippen molar-refractivity contribution >= 4 is 23.5 Å². The molecule has 3 atom stereocenters. The van der Waals surface area contributed by atoms with Gasteiger partial charge >= 0.3 is 0 Å². The van der Waals surface area contributed by atoms with Crippen LogP contribution >= 0.6 is 11.8 Å². The molecule has 0 aromatic heterocycles. The zero-order chi connectivity index (χ0) is 15.0. The van der Waals surface area contributed by atoms with Crippen LogP contribution in [0.2, 0.25) is 0 Å². The summed E-state index contributed by atoms with van der Waals surface area (Å²) in [7, 11) is 0. The van der Waals surface area contributed by atoms with Crippen LogP contribution in [0.4, 0.5) is 0 Å². The number of amides is 1. The van der Waals surface area contributed by atoms with Gasteiger partial charge in [0.1, 0.15) is 0 Å². The zero-order valence-corrected chi connectivity index (χ0v) is 13.4. The van der Waals surface area contributed by atoms with Gasteiger partial charge in [-0.1, -0.05) is 6.92 Å². The summed E-state index contributed by atoms with van der Waals surface area (Å²) in [4.78, 5) is 26.2. The summed E-state index contributed by atoms with van der Waals surface area (Å²) in [5, 5.41) is 2.56. The molecule has 1 saturated heterocycles. The number of carbonyl (C=O) groups is 2. The molecule has 0 radical (unpaired) electrons. The third-order valence-corrected chi connectivity index (χ3v) is 6.50. The van der Waals surface area contributed by atoms with Crippen LogP contribution in [-0.2, 0) is 9.59 Å². The van der Waals surface area contributed by atoms with E-state index in [1.54, 1.807) is 0 Å². The lowest BCUT2D eigenvalue weighted by molar-refractivity contribution is -0.123. The number of carbonyl (C=O) groups excluding carboxylic acids is 2. The first-order valence-electron chi connectivity index (χ1n) is 8.00. The van der Waals surface area contributed by atoms with E-state index in [4.69, 9.17) is 5.73 Å². The number of fused-ring (bicyclic) bond motifs is 1. The fourth-order valence-corrected chi connectivity index (χ4v) is 5.09. The lowest BCUT2D eigenvalue weighted by Gasteiger charge is -2.40. The summed E-state index contributed by atoms with van der Waals surface area (Å²) in [6, 6.07) is 0. The monoisotopic (exact) mass is 308 g/mol. The summed E-state index contributed by atoms with van der Waals surface area (Å²) in [6.45, 7) is 3.81. The van der Waals surface area contributed by atoms with Gasteiger partial charge in [0.25, 0.3) is 0 Å². The van der Waals surface area contributed by atoms with Gasteiger partial charge in [0.05, 0.1) is 5.70 Å². The number of ketones is 1. The molecule has 1 amide bonds. The van der Waals surface area contributed by atoms with Gasteiger partial charge in [0.2, 0.25) is 5.91 Å². The second-order valence-electron chi connectivity index (χ2n) is 6.73. The minimum atomic E-state index is -0.200. The molecule has 4 nitrogen and oxygen atoms in total. The Morgan fingerprint density at radius 2 is 2.00 bits per heavy atom. The summed E-state index contributed by atoms with van der Waals surface area (Å²) in [5.74, 6) is 0.982. The average Bonchev–Trinajstić information content (AvgIpc) is 2.48. The van der Waals surface area contributed by atoms with Gasteiger partial charge in [-0.3, -0.25) is 9.59 Å². The molecule has 21 heavy (non-hydrogen) atoms. The molecule has 3 aliphatic rings. The van der Waals surface area contributed by atoms with E-state index >= 15 is 0 Å². The largest absolute Gasteiger partial charge is 0.369 e. The predicted molar refractivity (Wildman–Crippen MR) is 84.5 cm³/mol. The minimum Gasteiger partial charge on any atom is -0.369 e. The van der Waals surface area contributed by atoms with E-state index < -0.39 is 0 Å². The fraction of sp³-hybridized carbons (Fsp3) is 0.750. The molecule has 116 valence electrons. The first kappa shape index (κ1) is 14.9. The van der Waals surface area contributed by atoms with Crippen molar-refractivity contribution in [3.05, 3.63) is 11.1 Å². The molecule has 3 unspecified atom stereocenters. The van der Waals surface area contributed by atoms with Gasteiger partial charge in [-0.05, 0) is 43.4 Å². The Bertz CT molecular complexity index is 469. The second-order valence-corrected chi connectivity index (χ2v) is 7.84. The maximum Gasteiger partial charge on any atom is 0.220 e. The molecule has 2 heterocycles. The molecule has 2 fully saturated rings. The summed E-state index contributed by atoms with van der Waals surface area (Å²) < 4.78 is 0. The van der Waals surface area contributed by atoms with Crippen molar-refractivity contribution in [1.29, 1.82) is 0 Å².